The van der Waals surface area contributed by atoms with Gasteiger partial charge in [-0.2, -0.15) is 0 Å². The predicted molar refractivity (Wildman–Crippen MR) is 92.3 cm³/mol. The smallest absolute Gasteiger partial charge is 0.407 e. The van der Waals surface area contributed by atoms with Gasteiger partial charge in [0.1, 0.15) is 11.4 Å². The SMILES string of the molecule is CC(NC(=O)NCCNC(=O)OC(C)(C)C)Oc1ccc(Cl)cc1. The summed E-state index contributed by atoms with van der Waals surface area (Å²) in [4.78, 5) is 23.1. The average molecular weight is 358 g/mol. The van der Waals surface area contributed by atoms with E-state index < -0.39 is 24.0 Å². The molecular formula is C16H24ClN3O4. The summed E-state index contributed by atoms with van der Waals surface area (Å²) < 4.78 is 10.6. The van der Waals surface area contributed by atoms with Gasteiger partial charge in [-0.25, -0.2) is 9.59 Å². The van der Waals surface area contributed by atoms with Gasteiger partial charge >= 0.3 is 12.1 Å². The Bertz CT molecular complexity index is 543. The first-order valence-corrected chi connectivity index (χ1v) is 7.97. The third kappa shape index (κ3) is 9.09. The number of rotatable bonds is 6. The number of carbonyl (C=O) groups excluding carboxylic acids is 2. The van der Waals surface area contributed by atoms with E-state index in [1.54, 1.807) is 52.0 Å². The summed E-state index contributed by atoms with van der Waals surface area (Å²) >= 11 is 5.79. The first-order chi connectivity index (χ1) is 11.2. The van der Waals surface area contributed by atoms with Crippen LogP contribution < -0.4 is 20.7 Å². The van der Waals surface area contributed by atoms with Crippen LogP contribution in [0.1, 0.15) is 27.7 Å². The van der Waals surface area contributed by atoms with Crippen molar-refractivity contribution in [1.82, 2.24) is 16.0 Å². The Hall–Kier alpha value is -2.15. The minimum atomic E-state index is -0.552. The number of benzene rings is 1. The van der Waals surface area contributed by atoms with Crippen molar-refractivity contribution >= 4 is 23.7 Å². The Morgan fingerprint density at radius 2 is 1.71 bits per heavy atom. The van der Waals surface area contributed by atoms with Gasteiger partial charge < -0.3 is 25.4 Å². The molecule has 0 aliphatic carbocycles. The largest absolute Gasteiger partial charge is 0.471 e. The lowest BCUT2D eigenvalue weighted by Gasteiger charge is -2.20. The van der Waals surface area contributed by atoms with E-state index in [0.717, 1.165) is 0 Å². The molecule has 0 saturated carbocycles. The van der Waals surface area contributed by atoms with Gasteiger partial charge in [0.2, 0.25) is 0 Å². The highest BCUT2D eigenvalue weighted by molar-refractivity contribution is 6.30. The normalized spacial score (nSPS) is 12.0. The minimum absolute atomic E-state index is 0.259. The average Bonchev–Trinajstić information content (AvgIpc) is 2.44. The van der Waals surface area contributed by atoms with Crippen LogP contribution in [-0.4, -0.2) is 37.0 Å². The van der Waals surface area contributed by atoms with Crippen LogP contribution >= 0.6 is 11.6 Å². The molecule has 134 valence electrons. The van der Waals surface area contributed by atoms with Crippen LogP contribution in [0.25, 0.3) is 0 Å². The molecule has 7 nitrogen and oxygen atoms in total. The number of alkyl carbamates (subject to hydrolysis) is 1. The van der Waals surface area contributed by atoms with Crippen LogP contribution in [0.3, 0.4) is 0 Å². The highest BCUT2D eigenvalue weighted by atomic mass is 35.5. The first kappa shape index (κ1) is 19.9. The van der Waals surface area contributed by atoms with Crippen molar-refractivity contribution in [2.24, 2.45) is 0 Å². The van der Waals surface area contributed by atoms with E-state index in [9.17, 15) is 9.59 Å². The van der Waals surface area contributed by atoms with Crippen molar-refractivity contribution in [3.8, 4) is 5.75 Å². The summed E-state index contributed by atoms with van der Waals surface area (Å²) in [7, 11) is 0. The third-order valence-electron chi connectivity index (χ3n) is 2.54. The number of urea groups is 1. The Kier molecular flexibility index (Phi) is 7.64. The zero-order valence-electron chi connectivity index (χ0n) is 14.3. The molecule has 8 heteroatoms. The van der Waals surface area contributed by atoms with Crippen molar-refractivity contribution in [2.75, 3.05) is 13.1 Å². The molecule has 0 aromatic heterocycles. The van der Waals surface area contributed by atoms with Crippen LogP contribution in [0.2, 0.25) is 5.02 Å². The van der Waals surface area contributed by atoms with Crippen LogP contribution in [0.4, 0.5) is 9.59 Å². The lowest BCUT2D eigenvalue weighted by molar-refractivity contribution is 0.0528. The number of amides is 3. The van der Waals surface area contributed by atoms with Gasteiger partial charge in [-0.3, -0.25) is 0 Å². The fraction of sp³-hybridized carbons (Fsp3) is 0.500. The summed E-state index contributed by atoms with van der Waals surface area (Å²) in [5.41, 5.74) is -0.552. The van der Waals surface area contributed by atoms with E-state index in [4.69, 9.17) is 21.1 Å². The Morgan fingerprint density at radius 3 is 2.29 bits per heavy atom. The summed E-state index contributed by atoms with van der Waals surface area (Å²) in [6.45, 7) is 7.56. The molecule has 0 spiro atoms. The first-order valence-electron chi connectivity index (χ1n) is 7.59. The molecule has 0 aliphatic heterocycles. The lowest BCUT2D eigenvalue weighted by Crippen LogP contribution is -2.45. The van der Waals surface area contributed by atoms with E-state index in [2.05, 4.69) is 16.0 Å². The number of halogens is 1. The summed E-state index contributed by atoms with van der Waals surface area (Å²) in [5.74, 6) is 0.596. The van der Waals surface area contributed by atoms with E-state index in [0.29, 0.717) is 10.8 Å². The summed E-state index contributed by atoms with van der Waals surface area (Å²) in [5, 5.41) is 8.38. The Morgan fingerprint density at radius 1 is 1.12 bits per heavy atom. The minimum Gasteiger partial charge on any atom is -0.471 e. The lowest BCUT2D eigenvalue weighted by atomic mass is 10.2. The fourth-order valence-corrected chi connectivity index (χ4v) is 1.76. The van der Waals surface area contributed by atoms with Gasteiger partial charge in [0, 0.05) is 18.1 Å². The second-order valence-corrected chi connectivity index (χ2v) is 6.48. The van der Waals surface area contributed by atoms with Crippen molar-refractivity contribution in [1.29, 1.82) is 0 Å². The number of nitrogens with one attached hydrogen (secondary N) is 3. The van der Waals surface area contributed by atoms with Gasteiger partial charge in [0.05, 0.1) is 0 Å². The summed E-state index contributed by atoms with van der Waals surface area (Å²) in [6, 6.07) is 6.42. The maximum Gasteiger partial charge on any atom is 0.407 e. The fourth-order valence-electron chi connectivity index (χ4n) is 1.64. The maximum absolute atomic E-state index is 11.7. The second-order valence-electron chi connectivity index (χ2n) is 6.04. The molecule has 0 saturated heterocycles. The highest BCUT2D eigenvalue weighted by Crippen LogP contribution is 2.16. The molecule has 0 aliphatic rings. The third-order valence-corrected chi connectivity index (χ3v) is 2.79. The zero-order valence-corrected chi connectivity index (χ0v) is 15.1. The van der Waals surface area contributed by atoms with E-state index in [1.807, 2.05) is 0 Å². The molecule has 3 N–H and O–H groups in total. The molecule has 0 fully saturated rings. The number of hydrogen-bond donors (Lipinski definition) is 3. The Labute approximate surface area is 147 Å². The molecule has 1 aromatic rings. The summed E-state index contributed by atoms with van der Waals surface area (Å²) in [6.07, 6.45) is -1.05. The van der Waals surface area contributed by atoms with Gasteiger partial charge in [-0.1, -0.05) is 11.6 Å². The highest BCUT2D eigenvalue weighted by Gasteiger charge is 2.15. The van der Waals surface area contributed by atoms with Gasteiger partial charge in [0.25, 0.3) is 0 Å². The van der Waals surface area contributed by atoms with Crippen molar-refractivity contribution < 1.29 is 19.1 Å². The molecule has 1 unspecified atom stereocenters. The number of ether oxygens (including phenoxy) is 2. The van der Waals surface area contributed by atoms with Crippen LogP contribution in [0.5, 0.6) is 5.75 Å². The van der Waals surface area contributed by atoms with Gasteiger partial charge in [0.15, 0.2) is 6.23 Å². The number of hydrogen-bond acceptors (Lipinski definition) is 4. The molecule has 0 bridgehead atoms. The molecule has 0 radical (unpaired) electrons. The standard InChI is InChI=1S/C16H24ClN3O4/c1-11(23-13-7-5-12(17)6-8-13)20-14(21)18-9-10-19-15(22)24-16(2,3)4/h5-8,11H,9-10H2,1-4H3,(H,19,22)(H2,18,20,21). The van der Waals surface area contributed by atoms with Crippen LogP contribution in [-0.2, 0) is 4.74 Å². The predicted octanol–water partition coefficient (Wildman–Crippen LogP) is 2.89. The van der Waals surface area contributed by atoms with Gasteiger partial charge in [-0.15, -0.1) is 0 Å². The van der Waals surface area contributed by atoms with E-state index in [1.165, 1.54) is 0 Å². The topological polar surface area (TPSA) is 88.7 Å². The van der Waals surface area contributed by atoms with E-state index in [-0.39, 0.29) is 13.1 Å². The monoisotopic (exact) mass is 357 g/mol. The quantitative estimate of drug-likeness (QED) is 0.539. The van der Waals surface area contributed by atoms with Crippen molar-refractivity contribution in [2.45, 2.75) is 39.5 Å². The molecule has 0 heterocycles. The van der Waals surface area contributed by atoms with Gasteiger partial charge in [-0.05, 0) is 52.0 Å². The molecule has 1 atom stereocenters. The van der Waals surface area contributed by atoms with Crippen LogP contribution in [0, 0.1) is 0 Å². The van der Waals surface area contributed by atoms with E-state index >= 15 is 0 Å². The molecule has 24 heavy (non-hydrogen) atoms. The number of carbonyl (C=O) groups is 2. The maximum atomic E-state index is 11.7. The van der Waals surface area contributed by atoms with Crippen molar-refractivity contribution in [3.63, 3.8) is 0 Å². The van der Waals surface area contributed by atoms with Crippen LogP contribution in [0.15, 0.2) is 24.3 Å². The Balaban J connectivity index is 2.19. The zero-order chi connectivity index (χ0) is 18.2. The second kappa shape index (κ2) is 9.22. The molecular weight excluding hydrogens is 334 g/mol. The molecule has 1 rings (SSSR count). The van der Waals surface area contributed by atoms with Crippen molar-refractivity contribution in [3.05, 3.63) is 29.3 Å². The molecule has 1 aromatic carbocycles. The molecule has 3 amide bonds.